The molecule has 1 heterocycles. The molecule has 1 aromatic heterocycles. The first-order valence-corrected chi connectivity index (χ1v) is 11.0. The van der Waals surface area contributed by atoms with Crippen molar-refractivity contribution in [2.24, 2.45) is 5.92 Å². The Hall–Kier alpha value is -3.15. The molecule has 6 heteroatoms. The van der Waals surface area contributed by atoms with E-state index in [0.29, 0.717) is 12.5 Å². The van der Waals surface area contributed by atoms with Crippen LogP contribution in [0.4, 0.5) is 11.8 Å². The number of hydrogen-bond acceptors (Lipinski definition) is 5. The van der Waals surface area contributed by atoms with Gasteiger partial charge in [0.15, 0.2) is 0 Å². The fraction of sp³-hybridized carbons (Fsp3) is 0.400. The highest BCUT2D eigenvalue weighted by molar-refractivity contribution is 5.90. The van der Waals surface area contributed by atoms with E-state index in [2.05, 4.69) is 47.9 Å². The molecule has 4 rings (SSSR count). The van der Waals surface area contributed by atoms with Crippen molar-refractivity contribution in [3.05, 3.63) is 59.7 Å². The van der Waals surface area contributed by atoms with E-state index in [0.717, 1.165) is 48.0 Å². The molecule has 0 aliphatic heterocycles. The second-order valence-electron chi connectivity index (χ2n) is 8.68. The highest BCUT2D eigenvalue weighted by Crippen LogP contribution is 2.28. The van der Waals surface area contributed by atoms with E-state index in [1.54, 1.807) is 0 Å². The first kappa shape index (κ1) is 21.1. The van der Waals surface area contributed by atoms with Gasteiger partial charge in [0.05, 0.1) is 5.52 Å². The summed E-state index contributed by atoms with van der Waals surface area (Å²) in [7, 11) is 4.00. The molecular formula is C25H31N5O. The number of fused-ring (bicyclic) bond motifs is 1. The molecule has 2 aromatic carbocycles. The minimum absolute atomic E-state index is 0.0818. The lowest BCUT2D eigenvalue weighted by atomic mass is 9.85. The Morgan fingerprint density at radius 1 is 1.00 bits per heavy atom. The average Bonchev–Trinajstić information content (AvgIpc) is 2.78. The molecule has 1 fully saturated rings. The predicted octanol–water partition coefficient (Wildman–Crippen LogP) is 4.29. The van der Waals surface area contributed by atoms with Crippen LogP contribution < -0.4 is 15.5 Å². The van der Waals surface area contributed by atoms with Gasteiger partial charge in [0.25, 0.3) is 0 Å². The highest BCUT2D eigenvalue weighted by atomic mass is 16.1. The Labute approximate surface area is 184 Å². The summed E-state index contributed by atoms with van der Waals surface area (Å²) in [6, 6.07) is 16.7. The van der Waals surface area contributed by atoms with Crippen LogP contribution in [0.25, 0.3) is 10.9 Å². The molecule has 31 heavy (non-hydrogen) atoms. The Bertz CT molecular complexity index is 1040. The largest absolute Gasteiger partial charge is 0.362 e. The van der Waals surface area contributed by atoms with Gasteiger partial charge in [-0.3, -0.25) is 4.79 Å². The molecule has 1 aliphatic rings. The lowest BCUT2D eigenvalue weighted by molar-refractivity contribution is -0.126. The van der Waals surface area contributed by atoms with Crippen molar-refractivity contribution in [1.29, 1.82) is 0 Å². The van der Waals surface area contributed by atoms with Crippen molar-refractivity contribution in [1.82, 2.24) is 15.3 Å². The van der Waals surface area contributed by atoms with Crippen LogP contribution in [0, 0.1) is 12.8 Å². The monoisotopic (exact) mass is 417 g/mol. The van der Waals surface area contributed by atoms with E-state index in [1.165, 1.54) is 5.56 Å². The third kappa shape index (κ3) is 5.13. The Morgan fingerprint density at radius 3 is 2.42 bits per heavy atom. The first-order chi connectivity index (χ1) is 15.0. The second-order valence-corrected chi connectivity index (χ2v) is 8.68. The third-order valence-electron chi connectivity index (χ3n) is 6.03. The number of nitrogens with zero attached hydrogens (tertiary/aromatic N) is 3. The number of anilines is 2. The van der Waals surface area contributed by atoms with Gasteiger partial charge in [-0.1, -0.05) is 42.0 Å². The zero-order valence-corrected chi connectivity index (χ0v) is 18.6. The molecule has 1 amide bonds. The summed E-state index contributed by atoms with van der Waals surface area (Å²) in [5, 5.41) is 7.66. The number of carbonyl (C=O) groups is 1. The van der Waals surface area contributed by atoms with Crippen molar-refractivity contribution in [2.75, 3.05) is 24.3 Å². The Balaban J connectivity index is 1.33. The fourth-order valence-electron chi connectivity index (χ4n) is 4.19. The standard InChI is InChI=1S/C25H31N5O/c1-17-8-10-18(11-9-17)16-26-24(31)19-12-14-20(15-13-19)27-25-28-22-7-5-4-6-21(22)23(29-25)30(2)3/h4-11,19-20H,12-16H2,1-3H3,(H,26,31)(H,27,28,29)/t19-,20+. The number of benzene rings is 2. The number of hydrogen-bond donors (Lipinski definition) is 2. The smallest absolute Gasteiger partial charge is 0.225 e. The summed E-state index contributed by atoms with van der Waals surface area (Å²) in [6.45, 7) is 2.66. The van der Waals surface area contributed by atoms with Gasteiger partial charge in [-0.05, 0) is 50.3 Å². The number of nitrogens with one attached hydrogen (secondary N) is 2. The molecule has 1 aliphatic carbocycles. The van der Waals surface area contributed by atoms with E-state index in [-0.39, 0.29) is 17.9 Å². The molecule has 6 nitrogen and oxygen atoms in total. The lowest BCUT2D eigenvalue weighted by Gasteiger charge is -2.28. The van der Waals surface area contributed by atoms with Gasteiger partial charge in [0.1, 0.15) is 5.82 Å². The molecule has 0 saturated heterocycles. The maximum absolute atomic E-state index is 12.6. The van der Waals surface area contributed by atoms with Gasteiger partial charge in [0, 0.05) is 38.0 Å². The highest BCUT2D eigenvalue weighted by Gasteiger charge is 2.26. The Morgan fingerprint density at radius 2 is 1.71 bits per heavy atom. The van der Waals surface area contributed by atoms with Gasteiger partial charge in [-0.2, -0.15) is 4.98 Å². The van der Waals surface area contributed by atoms with Crippen LogP contribution in [0.5, 0.6) is 0 Å². The van der Waals surface area contributed by atoms with Crippen LogP contribution in [-0.4, -0.2) is 36.0 Å². The van der Waals surface area contributed by atoms with Gasteiger partial charge < -0.3 is 15.5 Å². The summed E-state index contributed by atoms with van der Waals surface area (Å²) in [5.74, 6) is 1.82. The molecule has 0 spiro atoms. The number of para-hydroxylation sites is 1. The summed E-state index contributed by atoms with van der Waals surface area (Å²) in [5.41, 5.74) is 3.31. The van der Waals surface area contributed by atoms with Crippen molar-refractivity contribution in [3.63, 3.8) is 0 Å². The van der Waals surface area contributed by atoms with E-state index in [1.807, 2.05) is 37.2 Å². The van der Waals surface area contributed by atoms with Crippen LogP contribution in [-0.2, 0) is 11.3 Å². The van der Waals surface area contributed by atoms with Crippen LogP contribution in [0.3, 0.4) is 0 Å². The van der Waals surface area contributed by atoms with Gasteiger partial charge in [-0.15, -0.1) is 0 Å². The molecule has 0 bridgehead atoms. The zero-order valence-electron chi connectivity index (χ0n) is 18.6. The molecule has 0 atom stereocenters. The number of carbonyl (C=O) groups excluding carboxylic acids is 1. The summed E-state index contributed by atoms with van der Waals surface area (Å²) in [6.07, 6.45) is 3.64. The van der Waals surface area contributed by atoms with Gasteiger partial charge in [-0.25, -0.2) is 4.98 Å². The predicted molar refractivity (Wildman–Crippen MR) is 126 cm³/mol. The van der Waals surface area contributed by atoms with Crippen molar-refractivity contribution in [2.45, 2.75) is 45.2 Å². The maximum atomic E-state index is 12.6. The minimum atomic E-state index is 0.0818. The average molecular weight is 418 g/mol. The third-order valence-corrected chi connectivity index (χ3v) is 6.03. The van der Waals surface area contributed by atoms with Gasteiger partial charge in [0.2, 0.25) is 11.9 Å². The van der Waals surface area contributed by atoms with Crippen LogP contribution in [0.15, 0.2) is 48.5 Å². The molecule has 1 saturated carbocycles. The summed E-state index contributed by atoms with van der Waals surface area (Å²) < 4.78 is 0. The second kappa shape index (κ2) is 9.33. The number of rotatable bonds is 6. The zero-order chi connectivity index (χ0) is 21.8. The van der Waals surface area contributed by atoms with E-state index in [4.69, 9.17) is 9.97 Å². The maximum Gasteiger partial charge on any atom is 0.225 e. The molecular weight excluding hydrogens is 386 g/mol. The van der Waals surface area contributed by atoms with Crippen LogP contribution in [0.2, 0.25) is 0 Å². The molecule has 0 unspecified atom stereocenters. The van der Waals surface area contributed by atoms with Crippen molar-refractivity contribution in [3.8, 4) is 0 Å². The molecule has 162 valence electrons. The van der Waals surface area contributed by atoms with Crippen LogP contribution >= 0.6 is 0 Å². The lowest BCUT2D eigenvalue weighted by Crippen LogP contribution is -2.35. The first-order valence-electron chi connectivity index (χ1n) is 11.0. The minimum Gasteiger partial charge on any atom is -0.362 e. The summed E-state index contributed by atoms with van der Waals surface area (Å²) >= 11 is 0. The number of amides is 1. The van der Waals surface area contributed by atoms with Gasteiger partial charge >= 0.3 is 0 Å². The van der Waals surface area contributed by atoms with E-state index >= 15 is 0 Å². The summed E-state index contributed by atoms with van der Waals surface area (Å²) in [4.78, 5) is 24.1. The number of aromatic nitrogens is 2. The molecule has 0 radical (unpaired) electrons. The Kier molecular flexibility index (Phi) is 6.35. The fourth-order valence-corrected chi connectivity index (χ4v) is 4.19. The van der Waals surface area contributed by atoms with Crippen molar-refractivity contribution < 1.29 is 4.79 Å². The molecule has 2 N–H and O–H groups in total. The van der Waals surface area contributed by atoms with Crippen LogP contribution in [0.1, 0.15) is 36.8 Å². The number of aryl methyl sites for hydroxylation is 1. The SMILES string of the molecule is Cc1ccc(CNC(=O)[C@H]2CC[C@@H](Nc3nc(N(C)C)c4ccccc4n3)CC2)cc1. The van der Waals surface area contributed by atoms with E-state index < -0.39 is 0 Å². The topological polar surface area (TPSA) is 70.2 Å². The van der Waals surface area contributed by atoms with E-state index in [9.17, 15) is 4.79 Å². The molecule has 3 aromatic rings. The normalized spacial score (nSPS) is 18.5. The van der Waals surface area contributed by atoms with Crippen molar-refractivity contribution >= 4 is 28.6 Å². The quantitative estimate of drug-likeness (QED) is 0.626.